The van der Waals surface area contributed by atoms with Crippen LogP contribution in [-0.2, 0) is 6.42 Å². The molecule has 0 aromatic heterocycles. The van der Waals surface area contributed by atoms with E-state index in [1.807, 2.05) is 19.1 Å². The number of ether oxygens (including phenoxy) is 1. The topological polar surface area (TPSA) is 9.23 Å². The van der Waals surface area contributed by atoms with Gasteiger partial charge in [-0.25, -0.2) is 0 Å². The number of hydrogen-bond donors (Lipinski definition) is 0. The summed E-state index contributed by atoms with van der Waals surface area (Å²) in [6.45, 7) is 2.04. The minimum Gasteiger partial charge on any atom is -0.490 e. The quantitative estimate of drug-likeness (QED) is 0.591. The van der Waals surface area contributed by atoms with E-state index < -0.39 is 0 Å². The molecule has 0 fully saturated rings. The molecule has 2 rings (SSSR count). The van der Waals surface area contributed by atoms with Crippen molar-refractivity contribution in [3.63, 3.8) is 0 Å². The van der Waals surface area contributed by atoms with Crippen molar-refractivity contribution in [1.82, 2.24) is 0 Å². The van der Waals surface area contributed by atoms with Gasteiger partial charge in [-0.3, -0.25) is 0 Å². The van der Waals surface area contributed by atoms with Crippen LogP contribution >= 0.6 is 0 Å². The van der Waals surface area contributed by atoms with Crippen LogP contribution in [0.15, 0.2) is 24.3 Å². The summed E-state index contributed by atoms with van der Waals surface area (Å²) in [7, 11) is 0. The van der Waals surface area contributed by atoms with E-state index in [0.29, 0.717) is 6.10 Å². The third-order valence-electron chi connectivity index (χ3n) is 2.04. The van der Waals surface area contributed by atoms with Gasteiger partial charge in [0, 0.05) is 6.42 Å². The molecule has 1 atom stereocenters. The van der Waals surface area contributed by atoms with Gasteiger partial charge >= 0.3 is 0 Å². The van der Waals surface area contributed by atoms with Crippen molar-refractivity contribution in [3.8, 4) is 5.75 Å². The maximum Gasteiger partial charge on any atom is 0.123 e. The lowest BCUT2D eigenvalue weighted by molar-refractivity contribution is 0.267. The Morgan fingerprint density at radius 2 is 2.27 bits per heavy atom. The Kier molecular flexibility index (Phi) is 1.57. The van der Waals surface area contributed by atoms with Crippen molar-refractivity contribution in [2.75, 3.05) is 0 Å². The van der Waals surface area contributed by atoms with Crippen molar-refractivity contribution in [2.24, 2.45) is 0 Å². The van der Waals surface area contributed by atoms with Gasteiger partial charge in [0.25, 0.3) is 0 Å². The van der Waals surface area contributed by atoms with Crippen LogP contribution in [0.2, 0.25) is 0 Å². The molecule has 0 N–H and O–H groups in total. The lowest BCUT2D eigenvalue weighted by Crippen LogP contribution is -2.10. The van der Waals surface area contributed by atoms with Gasteiger partial charge in [0.1, 0.15) is 11.9 Å². The van der Waals surface area contributed by atoms with E-state index in [-0.39, 0.29) is 0 Å². The molecule has 0 amide bonds. The lowest BCUT2D eigenvalue weighted by Gasteiger charge is -2.04. The second-order valence-corrected chi connectivity index (χ2v) is 2.80. The predicted octanol–water partition coefficient (Wildman–Crippen LogP) is 2.21. The van der Waals surface area contributed by atoms with Crippen LogP contribution in [0.4, 0.5) is 0 Å². The minimum absolute atomic E-state index is 0.299. The molecule has 1 heteroatoms. The van der Waals surface area contributed by atoms with E-state index in [1.165, 1.54) is 5.56 Å². The zero-order chi connectivity index (χ0) is 7.68. The van der Waals surface area contributed by atoms with Gasteiger partial charge in [0.2, 0.25) is 0 Å². The zero-order valence-electron chi connectivity index (χ0n) is 6.58. The average Bonchev–Trinajstić information content (AvgIpc) is 2.46. The molecule has 1 unspecified atom stereocenters. The molecular weight excluding hydrogens is 136 g/mol. The summed E-state index contributed by atoms with van der Waals surface area (Å²) in [5.74, 6) is 1.05. The number of fused-ring (bicyclic) bond motifs is 1. The third-order valence-corrected chi connectivity index (χ3v) is 2.04. The van der Waals surface area contributed by atoms with Crippen LogP contribution in [-0.4, -0.2) is 6.10 Å². The van der Waals surface area contributed by atoms with Gasteiger partial charge in [-0.15, -0.1) is 0 Å². The van der Waals surface area contributed by atoms with Crippen molar-refractivity contribution in [2.45, 2.75) is 19.4 Å². The first kappa shape index (κ1) is 6.71. The highest BCUT2D eigenvalue weighted by molar-refractivity contribution is 5.37. The first-order chi connectivity index (χ1) is 5.40. The Labute approximate surface area is 67.0 Å². The van der Waals surface area contributed by atoms with E-state index in [0.717, 1.165) is 12.2 Å². The Hall–Kier alpha value is -0.980. The Morgan fingerprint density at radius 3 is 3.00 bits per heavy atom. The molecule has 0 saturated heterocycles. The van der Waals surface area contributed by atoms with E-state index >= 15 is 0 Å². The van der Waals surface area contributed by atoms with Crippen molar-refractivity contribution in [3.05, 3.63) is 36.2 Å². The highest BCUT2D eigenvalue weighted by Crippen LogP contribution is 2.28. The van der Waals surface area contributed by atoms with Crippen molar-refractivity contribution in [1.29, 1.82) is 0 Å². The summed E-state index contributed by atoms with van der Waals surface area (Å²) < 4.78 is 5.60. The predicted molar refractivity (Wildman–Crippen MR) is 44.5 cm³/mol. The standard InChI is InChI=1S/C10H11O/c1-2-9-7-8-5-3-4-6-10(8)11-9/h2-6,9H,7H2,1H3. The van der Waals surface area contributed by atoms with Crippen LogP contribution < -0.4 is 4.74 Å². The van der Waals surface area contributed by atoms with Crippen LogP contribution in [0.25, 0.3) is 0 Å². The molecular formula is C10H11O. The molecule has 1 nitrogen and oxygen atoms in total. The SMILES string of the molecule is C[CH]C1Cc2ccccc2O1. The lowest BCUT2D eigenvalue weighted by atomic mass is 10.1. The number of benzene rings is 1. The molecule has 0 aliphatic carbocycles. The Balaban J connectivity index is 2.27. The second kappa shape index (κ2) is 2.57. The second-order valence-electron chi connectivity index (χ2n) is 2.80. The highest BCUT2D eigenvalue weighted by atomic mass is 16.5. The molecule has 1 aromatic carbocycles. The molecule has 1 aliphatic rings. The summed E-state index contributed by atoms with van der Waals surface area (Å²) >= 11 is 0. The average molecular weight is 147 g/mol. The molecule has 1 aromatic rings. The third kappa shape index (κ3) is 1.11. The summed E-state index contributed by atoms with van der Waals surface area (Å²) in [5, 5.41) is 0. The fourth-order valence-corrected chi connectivity index (χ4v) is 1.39. The highest BCUT2D eigenvalue weighted by Gasteiger charge is 2.19. The molecule has 0 bridgehead atoms. The molecule has 57 valence electrons. The summed E-state index contributed by atoms with van der Waals surface area (Å²) in [5.41, 5.74) is 1.33. The number of para-hydroxylation sites is 1. The van der Waals surface area contributed by atoms with E-state index in [4.69, 9.17) is 4.74 Å². The fraction of sp³-hybridized carbons (Fsp3) is 0.300. The fourth-order valence-electron chi connectivity index (χ4n) is 1.39. The Morgan fingerprint density at radius 1 is 1.45 bits per heavy atom. The van der Waals surface area contributed by atoms with Gasteiger partial charge in [0.15, 0.2) is 0 Å². The first-order valence-electron chi connectivity index (χ1n) is 3.94. The van der Waals surface area contributed by atoms with Crippen LogP contribution in [0.1, 0.15) is 12.5 Å². The number of hydrogen-bond acceptors (Lipinski definition) is 1. The van der Waals surface area contributed by atoms with Crippen LogP contribution in [0.3, 0.4) is 0 Å². The smallest absolute Gasteiger partial charge is 0.123 e. The molecule has 11 heavy (non-hydrogen) atoms. The molecule has 1 aliphatic heterocycles. The van der Waals surface area contributed by atoms with Gasteiger partial charge in [-0.1, -0.05) is 25.1 Å². The maximum atomic E-state index is 5.60. The minimum atomic E-state index is 0.299. The van der Waals surface area contributed by atoms with E-state index in [9.17, 15) is 0 Å². The van der Waals surface area contributed by atoms with Gasteiger partial charge in [-0.2, -0.15) is 0 Å². The van der Waals surface area contributed by atoms with Gasteiger partial charge < -0.3 is 4.74 Å². The van der Waals surface area contributed by atoms with E-state index in [1.54, 1.807) is 0 Å². The molecule has 0 spiro atoms. The van der Waals surface area contributed by atoms with Crippen LogP contribution in [0, 0.1) is 6.42 Å². The number of rotatable bonds is 1. The monoisotopic (exact) mass is 147 g/mol. The molecule has 1 heterocycles. The summed E-state index contributed by atoms with van der Waals surface area (Å²) in [6.07, 6.45) is 3.43. The van der Waals surface area contributed by atoms with Crippen molar-refractivity contribution < 1.29 is 4.74 Å². The first-order valence-corrected chi connectivity index (χ1v) is 3.94. The Bertz CT molecular complexity index is 230. The molecule has 1 radical (unpaired) electrons. The van der Waals surface area contributed by atoms with Gasteiger partial charge in [-0.05, 0) is 18.1 Å². The van der Waals surface area contributed by atoms with Crippen molar-refractivity contribution >= 4 is 0 Å². The zero-order valence-corrected chi connectivity index (χ0v) is 6.58. The van der Waals surface area contributed by atoms with Crippen LogP contribution in [0.5, 0.6) is 5.75 Å². The summed E-state index contributed by atoms with van der Waals surface area (Å²) in [6, 6.07) is 8.22. The summed E-state index contributed by atoms with van der Waals surface area (Å²) in [4.78, 5) is 0. The maximum absolute atomic E-state index is 5.60. The van der Waals surface area contributed by atoms with Gasteiger partial charge in [0.05, 0.1) is 0 Å². The van der Waals surface area contributed by atoms with E-state index in [2.05, 4.69) is 18.6 Å². The molecule has 0 saturated carbocycles. The largest absolute Gasteiger partial charge is 0.490 e. The normalized spacial score (nSPS) is 21.0.